The number of carbonyl (C=O) groups excluding carboxylic acids is 1. The van der Waals surface area contributed by atoms with Crippen LogP contribution in [0.3, 0.4) is 0 Å². The van der Waals surface area contributed by atoms with Crippen LogP contribution in [0.15, 0.2) is 0 Å². The zero-order valence-corrected chi connectivity index (χ0v) is 13.7. The Kier molecular flexibility index (Phi) is 6.70. The van der Waals surface area contributed by atoms with E-state index in [1.54, 1.807) is 0 Å². The first kappa shape index (κ1) is 19.9. The van der Waals surface area contributed by atoms with E-state index in [0.717, 1.165) is 20.0 Å². The molecule has 1 amide bonds. The number of nitrogens with one attached hydrogen (secondary N) is 1. The van der Waals surface area contributed by atoms with Gasteiger partial charge in [-0.3, -0.25) is 19.6 Å². The second kappa shape index (κ2) is 8.08. The molecule has 8 nitrogen and oxygen atoms in total. The molecule has 1 rings (SSSR count). The molecular weight excluding hydrogens is 331 g/mol. The molecule has 1 heterocycles. The summed E-state index contributed by atoms with van der Waals surface area (Å²) in [5.41, 5.74) is -3.04. The maximum absolute atomic E-state index is 12.8. The maximum Gasteiger partial charge on any atom is 0.442 e. The molecule has 0 radical (unpaired) electrons. The van der Waals surface area contributed by atoms with Gasteiger partial charge in [0, 0.05) is 13.1 Å². The molecular formula is C13H20F3N5O3. The zero-order chi connectivity index (χ0) is 18.5. The average molecular weight is 351 g/mol. The Hall–Kier alpha value is -2.17. The lowest BCUT2D eigenvalue weighted by atomic mass is 10.3. The monoisotopic (exact) mass is 351 g/mol. The summed E-state index contributed by atoms with van der Waals surface area (Å²) in [7, 11) is 0. The molecule has 24 heavy (non-hydrogen) atoms. The van der Waals surface area contributed by atoms with E-state index in [2.05, 4.69) is 15.3 Å². The lowest BCUT2D eigenvalue weighted by Gasteiger charge is -2.17. The normalized spacial score (nSPS) is 11.8. The van der Waals surface area contributed by atoms with Crippen LogP contribution in [-0.2, 0) is 17.5 Å². The first-order valence-electron chi connectivity index (χ1n) is 7.39. The van der Waals surface area contributed by atoms with Crippen LogP contribution in [0, 0.1) is 17.0 Å². The summed E-state index contributed by atoms with van der Waals surface area (Å²) in [6.07, 6.45) is -4.96. The van der Waals surface area contributed by atoms with Crippen LogP contribution < -0.4 is 5.32 Å². The van der Waals surface area contributed by atoms with Gasteiger partial charge in [0.25, 0.3) is 0 Å². The van der Waals surface area contributed by atoms with Gasteiger partial charge < -0.3 is 10.2 Å². The van der Waals surface area contributed by atoms with Gasteiger partial charge in [-0.25, -0.2) is 0 Å². The number of amides is 1. The number of alkyl halides is 3. The van der Waals surface area contributed by atoms with E-state index in [4.69, 9.17) is 0 Å². The molecule has 1 aromatic rings. The van der Waals surface area contributed by atoms with Crippen LogP contribution in [0.5, 0.6) is 0 Å². The molecule has 0 atom stereocenters. The minimum absolute atomic E-state index is 0.314. The van der Waals surface area contributed by atoms with Crippen molar-refractivity contribution in [3.63, 3.8) is 0 Å². The van der Waals surface area contributed by atoms with Crippen LogP contribution in [0.2, 0.25) is 0 Å². The highest BCUT2D eigenvalue weighted by molar-refractivity contribution is 5.75. The quantitative estimate of drug-likeness (QED) is 0.567. The van der Waals surface area contributed by atoms with E-state index in [0.29, 0.717) is 17.8 Å². The van der Waals surface area contributed by atoms with E-state index < -0.39 is 34.9 Å². The minimum atomic E-state index is -4.96. The number of carbonyl (C=O) groups is 1. The second-order valence-electron chi connectivity index (χ2n) is 5.07. The summed E-state index contributed by atoms with van der Waals surface area (Å²) in [4.78, 5) is 23.6. The van der Waals surface area contributed by atoms with Gasteiger partial charge in [0.2, 0.25) is 11.6 Å². The van der Waals surface area contributed by atoms with Crippen LogP contribution >= 0.6 is 0 Å². The van der Waals surface area contributed by atoms with Gasteiger partial charge in [0.15, 0.2) is 0 Å². The minimum Gasteiger partial charge on any atom is -0.353 e. The van der Waals surface area contributed by atoms with Crippen molar-refractivity contribution in [1.29, 1.82) is 0 Å². The summed E-state index contributed by atoms with van der Waals surface area (Å²) < 4.78 is 39.2. The highest BCUT2D eigenvalue weighted by Gasteiger charge is 2.44. The van der Waals surface area contributed by atoms with Gasteiger partial charge in [-0.2, -0.15) is 18.3 Å². The van der Waals surface area contributed by atoms with Crippen LogP contribution in [0.25, 0.3) is 0 Å². The fourth-order valence-corrected chi connectivity index (χ4v) is 2.19. The van der Waals surface area contributed by atoms with Crippen molar-refractivity contribution in [3.8, 4) is 0 Å². The molecule has 1 aromatic heterocycles. The smallest absolute Gasteiger partial charge is 0.353 e. The average Bonchev–Trinajstić information content (AvgIpc) is 2.81. The zero-order valence-electron chi connectivity index (χ0n) is 13.7. The summed E-state index contributed by atoms with van der Waals surface area (Å²) in [5.74, 6) is -0.559. The van der Waals surface area contributed by atoms with Gasteiger partial charge in [-0.15, -0.1) is 0 Å². The van der Waals surface area contributed by atoms with Gasteiger partial charge in [0.1, 0.15) is 12.2 Å². The van der Waals surface area contributed by atoms with Gasteiger partial charge in [-0.05, 0) is 20.0 Å². The summed E-state index contributed by atoms with van der Waals surface area (Å²) >= 11 is 0. The van der Waals surface area contributed by atoms with Crippen molar-refractivity contribution in [3.05, 3.63) is 21.5 Å². The van der Waals surface area contributed by atoms with Crippen LogP contribution in [-0.4, -0.2) is 51.7 Å². The Morgan fingerprint density at radius 2 is 1.96 bits per heavy atom. The molecule has 0 bridgehead atoms. The highest BCUT2D eigenvalue weighted by Crippen LogP contribution is 2.36. The predicted octanol–water partition coefficient (Wildman–Crippen LogP) is 1.58. The largest absolute Gasteiger partial charge is 0.442 e. The molecule has 1 N–H and O–H groups in total. The Balaban J connectivity index is 2.81. The SMILES string of the molecule is CCN(CC)CCNC(=O)Cn1nc(C(F)(F)F)c([N+](=O)[O-])c1C. The summed E-state index contributed by atoms with van der Waals surface area (Å²) in [6, 6.07) is 0. The Morgan fingerprint density at radius 3 is 2.38 bits per heavy atom. The number of halogens is 3. The van der Waals surface area contributed by atoms with E-state index >= 15 is 0 Å². The topological polar surface area (TPSA) is 93.3 Å². The Bertz CT molecular complexity index is 596. The lowest BCUT2D eigenvalue weighted by molar-refractivity contribution is -0.388. The van der Waals surface area contributed by atoms with Crippen LogP contribution in [0.4, 0.5) is 18.9 Å². The van der Waals surface area contributed by atoms with E-state index in [9.17, 15) is 28.1 Å². The maximum atomic E-state index is 12.8. The number of hydrogen-bond acceptors (Lipinski definition) is 5. The number of aromatic nitrogens is 2. The molecule has 0 aliphatic rings. The van der Waals surface area contributed by atoms with Crippen molar-refractivity contribution in [2.75, 3.05) is 26.2 Å². The molecule has 0 unspecified atom stereocenters. The number of likely N-dealkylation sites (N-methyl/N-ethyl adjacent to an activating group) is 1. The predicted molar refractivity (Wildman–Crippen MR) is 79.4 cm³/mol. The third-order valence-corrected chi connectivity index (χ3v) is 3.56. The molecule has 0 saturated carbocycles. The standard InChI is InChI=1S/C13H20F3N5O3/c1-4-19(5-2)7-6-17-10(22)8-20-9(3)11(21(23)24)12(18-20)13(14,15)16/h4-8H2,1-3H3,(H,17,22). The van der Waals surface area contributed by atoms with Gasteiger partial charge in [0.05, 0.1) is 4.92 Å². The Labute approximate surface area is 136 Å². The molecule has 0 spiro atoms. The van der Waals surface area contributed by atoms with Crippen molar-refractivity contribution in [2.24, 2.45) is 0 Å². The molecule has 0 aliphatic heterocycles. The molecule has 0 fully saturated rings. The third kappa shape index (κ3) is 4.91. The van der Waals surface area contributed by atoms with E-state index in [1.807, 2.05) is 13.8 Å². The molecule has 11 heteroatoms. The first-order valence-corrected chi connectivity index (χ1v) is 7.39. The van der Waals surface area contributed by atoms with Crippen molar-refractivity contribution >= 4 is 11.6 Å². The second-order valence-corrected chi connectivity index (χ2v) is 5.07. The van der Waals surface area contributed by atoms with Gasteiger partial charge in [-0.1, -0.05) is 13.8 Å². The van der Waals surface area contributed by atoms with Crippen molar-refractivity contribution in [1.82, 2.24) is 20.0 Å². The first-order chi connectivity index (χ1) is 11.1. The number of nitrogens with zero attached hydrogens (tertiary/aromatic N) is 4. The fourth-order valence-electron chi connectivity index (χ4n) is 2.19. The van der Waals surface area contributed by atoms with Crippen LogP contribution in [0.1, 0.15) is 25.2 Å². The highest BCUT2D eigenvalue weighted by atomic mass is 19.4. The molecule has 0 saturated heterocycles. The third-order valence-electron chi connectivity index (χ3n) is 3.56. The fraction of sp³-hybridized carbons (Fsp3) is 0.692. The van der Waals surface area contributed by atoms with Crippen molar-refractivity contribution < 1.29 is 22.9 Å². The summed E-state index contributed by atoms with van der Waals surface area (Å²) in [5, 5.41) is 16.6. The van der Waals surface area contributed by atoms with E-state index in [1.165, 1.54) is 0 Å². The van der Waals surface area contributed by atoms with E-state index in [-0.39, 0.29) is 5.69 Å². The Morgan fingerprint density at radius 1 is 1.38 bits per heavy atom. The number of rotatable bonds is 8. The molecule has 0 aliphatic carbocycles. The lowest BCUT2D eigenvalue weighted by Crippen LogP contribution is -2.36. The van der Waals surface area contributed by atoms with Gasteiger partial charge >= 0.3 is 11.9 Å². The number of hydrogen-bond donors (Lipinski definition) is 1. The number of nitro groups is 1. The molecule has 136 valence electrons. The van der Waals surface area contributed by atoms with Crippen molar-refractivity contribution in [2.45, 2.75) is 33.5 Å². The summed E-state index contributed by atoms with van der Waals surface area (Å²) in [6.45, 7) is 7.11. The molecule has 0 aromatic carbocycles.